The van der Waals surface area contributed by atoms with E-state index in [0.717, 1.165) is 16.4 Å². The predicted molar refractivity (Wildman–Crippen MR) is 86.0 cm³/mol. The van der Waals surface area contributed by atoms with Gasteiger partial charge in [-0.2, -0.15) is 0 Å². The molecule has 0 aliphatic heterocycles. The van der Waals surface area contributed by atoms with E-state index in [9.17, 15) is 4.39 Å². The Bertz CT molecular complexity index is 720. The number of aromatic nitrogens is 1. The first-order valence-corrected chi connectivity index (χ1v) is 7.55. The number of rotatable bonds is 4. The molecular weight excluding hydrogens is 283 g/mol. The summed E-state index contributed by atoms with van der Waals surface area (Å²) in [6, 6.07) is 16.7. The standard InChI is InChI=1S/C17H15FN2S/c1-12-16(14-5-3-2-4-6-14)21-17(20-12)19-11-13-7-9-15(18)10-8-13/h2-10H,11H2,1H3,(H,19,20). The van der Waals surface area contributed by atoms with E-state index in [0.29, 0.717) is 6.54 Å². The number of nitrogens with zero attached hydrogens (tertiary/aromatic N) is 1. The van der Waals surface area contributed by atoms with Crippen molar-refractivity contribution in [3.8, 4) is 10.4 Å². The van der Waals surface area contributed by atoms with E-state index in [1.165, 1.54) is 22.6 Å². The highest BCUT2D eigenvalue weighted by Gasteiger charge is 2.09. The van der Waals surface area contributed by atoms with Crippen LogP contribution in [-0.4, -0.2) is 4.98 Å². The highest BCUT2D eigenvalue weighted by atomic mass is 32.1. The molecule has 1 N–H and O–H groups in total. The van der Waals surface area contributed by atoms with Crippen LogP contribution in [0.15, 0.2) is 54.6 Å². The van der Waals surface area contributed by atoms with Crippen molar-refractivity contribution in [2.24, 2.45) is 0 Å². The second kappa shape index (κ2) is 6.06. The van der Waals surface area contributed by atoms with Crippen LogP contribution in [0.1, 0.15) is 11.3 Å². The molecular formula is C17H15FN2S. The molecule has 3 rings (SSSR count). The van der Waals surface area contributed by atoms with Crippen molar-refractivity contribution in [3.05, 3.63) is 71.7 Å². The first kappa shape index (κ1) is 13.8. The Morgan fingerprint density at radius 3 is 2.48 bits per heavy atom. The van der Waals surface area contributed by atoms with E-state index in [1.54, 1.807) is 23.5 Å². The zero-order valence-corrected chi connectivity index (χ0v) is 12.5. The number of hydrogen-bond donors (Lipinski definition) is 1. The van der Waals surface area contributed by atoms with Crippen molar-refractivity contribution in [3.63, 3.8) is 0 Å². The van der Waals surface area contributed by atoms with E-state index >= 15 is 0 Å². The lowest BCUT2D eigenvalue weighted by Gasteiger charge is -2.02. The monoisotopic (exact) mass is 298 g/mol. The van der Waals surface area contributed by atoms with Gasteiger partial charge < -0.3 is 5.32 Å². The van der Waals surface area contributed by atoms with Crippen molar-refractivity contribution >= 4 is 16.5 Å². The molecule has 21 heavy (non-hydrogen) atoms. The number of nitrogens with one attached hydrogen (secondary N) is 1. The van der Waals surface area contributed by atoms with Crippen LogP contribution in [0, 0.1) is 12.7 Å². The number of thiazole rings is 1. The minimum atomic E-state index is -0.213. The average Bonchev–Trinajstić information content (AvgIpc) is 2.89. The van der Waals surface area contributed by atoms with Crippen molar-refractivity contribution in [1.29, 1.82) is 0 Å². The normalized spacial score (nSPS) is 10.6. The Morgan fingerprint density at radius 2 is 1.76 bits per heavy atom. The molecule has 0 saturated heterocycles. The van der Waals surface area contributed by atoms with Crippen LogP contribution >= 0.6 is 11.3 Å². The van der Waals surface area contributed by atoms with Gasteiger partial charge in [0.05, 0.1) is 10.6 Å². The minimum absolute atomic E-state index is 0.213. The van der Waals surface area contributed by atoms with E-state index < -0.39 is 0 Å². The van der Waals surface area contributed by atoms with Gasteiger partial charge in [0, 0.05) is 6.54 Å². The van der Waals surface area contributed by atoms with Gasteiger partial charge in [0.2, 0.25) is 0 Å². The molecule has 0 aliphatic rings. The van der Waals surface area contributed by atoms with Crippen LogP contribution in [-0.2, 0) is 6.54 Å². The maximum Gasteiger partial charge on any atom is 0.183 e. The summed E-state index contributed by atoms with van der Waals surface area (Å²) in [5, 5.41) is 4.18. The van der Waals surface area contributed by atoms with Gasteiger partial charge in [0.15, 0.2) is 5.13 Å². The van der Waals surface area contributed by atoms with E-state index in [4.69, 9.17) is 0 Å². The van der Waals surface area contributed by atoms with Crippen molar-refractivity contribution in [1.82, 2.24) is 4.98 Å². The third-order valence-corrected chi connectivity index (χ3v) is 4.35. The molecule has 0 unspecified atom stereocenters. The second-order valence-electron chi connectivity index (χ2n) is 4.78. The molecule has 1 aromatic heterocycles. The van der Waals surface area contributed by atoms with E-state index in [2.05, 4.69) is 22.4 Å². The highest BCUT2D eigenvalue weighted by molar-refractivity contribution is 7.19. The fourth-order valence-corrected chi connectivity index (χ4v) is 3.08. The summed E-state index contributed by atoms with van der Waals surface area (Å²) in [6.45, 7) is 2.66. The molecule has 0 bridgehead atoms. The Labute approximate surface area is 127 Å². The van der Waals surface area contributed by atoms with Crippen LogP contribution in [0.25, 0.3) is 10.4 Å². The summed E-state index contributed by atoms with van der Waals surface area (Å²) >= 11 is 1.64. The first-order chi connectivity index (χ1) is 10.2. The molecule has 2 aromatic carbocycles. The van der Waals surface area contributed by atoms with Gasteiger partial charge in [-0.3, -0.25) is 0 Å². The predicted octanol–water partition coefficient (Wildman–Crippen LogP) is 4.87. The molecule has 1 heterocycles. The third kappa shape index (κ3) is 3.28. The van der Waals surface area contributed by atoms with Crippen molar-refractivity contribution in [2.45, 2.75) is 13.5 Å². The van der Waals surface area contributed by atoms with Gasteiger partial charge in [-0.25, -0.2) is 9.37 Å². The molecule has 4 heteroatoms. The van der Waals surface area contributed by atoms with Gasteiger partial charge >= 0.3 is 0 Å². The first-order valence-electron chi connectivity index (χ1n) is 6.73. The van der Waals surface area contributed by atoms with Gasteiger partial charge in [-0.1, -0.05) is 53.8 Å². The largest absolute Gasteiger partial charge is 0.357 e. The molecule has 106 valence electrons. The van der Waals surface area contributed by atoms with Crippen LogP contribution in [0.2, 0.25) is 0 Å². The summed E-state index contributed by atoms with van der Waals surface area (Å²) in [5.74, 6) is -0.213. The SMILES string of the molecule is Cc1nc(NCc2ccc(F)cc2)sc1-c1ccccc1. The van der Waals surface area contributed by atoms with Gasteiger partial charge in [-0.05, 0) is 30.2 Å². The second-order valence-corrected chi connectivity index (χ2v) is 5.78. The Morgan fingerprint density at radius 1 is 1.05 bits per heavy atom. The van der Waals surface area contributed by atoms with Crippen LogP contribution in [0.4, 0.5) is 9.52 Å². The molecule has 0 aliphatic carbocycles. The number of halogens is 1. The van der Waals surface area contributed by atoms with Gasteiger partial charge in [0.1, 0.15) is 5.82 Å². The third-order valence-electron chi connectivity index (χ3n) is 3.19. The fourth-order valence-electron chi connectivity index (χ4n) is 2.11. The fraction of sp³-hybridized carbons (Fsp3) is 0.118. The summed E-state index contributed by atoms with van der Waals surface area (Å²) in [6.07, 6.45) is 0. The van der Waals surface area contributed by atoms with E-state index in [1.807, 2.05) is 25.1 Å². The quantitative estimate of drug-likeness (QED) is 0.743. The number of anilines is 1. The summed E-state index contributed by atoms with van der Waals surface area (Å²) in [7, 11) is 0. The highest BCUT2D eigenvalue weighted by Crippen LogP contribution is 2.32. The minimum Gasteiger partial charge on any atom is -0.357 e. The summed E-state index contributed by atoms with van der Waals surface area (Å²) < 4.78 is 12.9. The molecule has 2 nitrogen and oxygen atoms in total. The molecule has 0 radical (unpaired) electrons. The van der Waals surface area contributed by atoms with Gasteiger partial charge in [-0.15, -0.1) is 0 Å². The summed E-state index contributed by atoms with van der Waals surface area (Å²) in [5.41, 5.74) is 3.24. The van der Waals surface area contributed by atoms with Crippen molar-refractivity contribution < 1.29 is 4.39 Å². The maximum absolute atomic E-state index is 12.9. The molecule has 0 saturated carbocycles. The van der Waals surface area contributed by atoms with E-state index in [-0.39, 0.29) is 5.82 Å². The summed E-state index contributed by atoms with van der Waals surface area (Å²) in [4.78, 5) is 5.73. The molecule has 0 fully saturated rings. The van der Waals surface area contributed by atoms with Crippen LogP contribution in [0.5, 0.6) is 0 Å². The zero-order valence-electron chi connectivity index (χ0n) is 11.6. The maximum atomic E-state index is 12.9. The topological polar surface area (TPSA) is 24.9 Å². The number of aryl methyl sites for hydroxylation is 1. The Balaban J connectivity index is 1.74. The van der Waals surface area contributed by atoms with Crippen LogP contribution in [0.3, 0.4) is 0 Å². The molecule has 0 atom stereocenters. The Kier molecular flexibility index (Phi) is 3.97. The number of benzene rings is 2. The lowest BCUT2D eigenvalue weighted by atomic mass is 10.2. The number of hydrogen-bond acceptors (Lipinski definition) is 3. The lowest BCUT2D eigenvalue weighted by Crippen LogP contribution is -1.98. The van der Waals surface area contributed by atoms with Gasteiger partial charge in [0.25, 0.3) is 0 Å². The zero-order chi connectivity index (χ0) is 14.7. The molecule has 0 amide bonds. The van der Waals surface area contributed by atoms with Crippen LogP contribution < -0.4 is 5.32 Å². The van der Waals surface area contributed by atoms with Crippen molar-refractivity contribution in [2.75, 3.05) is 5.32 Å². The Hall–Kier alpha value is -2.20. The molecule has 3 aromatic rings. The molecule has 0 spiro atoms. The smallest absolute Gasteiger partial charge is 0.183 e. The average molecular weight is 298 g/mol. The lowest BCUT2D eigenvalue weighted by molar-refractivity contribution is 0.627.